The van der Waals surface area contributed by atoms with Gasteiger partial charge in [0.1, 0.15) is 11.7 Å². The average molecular weight is 465 g/mol. The fourth-order valence-corrected chi connectivity index (χ4v) is 4.82. The number of aromatic amines is 1. The van der Waals surface area contributed by atoms with Crippen molar-refractivity contribution in [3.05, 3.63) is 47.8 Å². The molecular weight excluding hydrogens is 432 g/mol. The second-order valence-corrected chi connectivity index (χ2v) is 9.91. The monoisotopic (exact) mass is 464 g/mol. The van der Waals surface area contributed by atoms with E-state index in [0.717, 1.165) is 37.1 Å². The topological polar surface area (TPSA) is 123 Å². The number of carbonyl (C=O) groups is 2. The summed E-state index contributed by atoms with van der Waals surface area (Å²) in [4.78, 5) is 26.7. The Hall–Kier alpha value is -3.43. The van der Waals surface area contributed by atoms with Gasteiger partial charge in [-0.3, -0.25) is 24.1 Å². The Bertz CT molecular complexity index is 1160. The summed E-state index contributed by atoms with van der Waals surface area (Å²) >= 11 is 0. The van der Waals surface area contributed by atoms with Gasteiger partial charge in [0.15, 0.2) is 0 Å². The Labute approximate surface area is 198 Å². The van der Waals surface area contributed by atoms with Gasteiger partial charge in [-0.25, -0.2) is 0 Å². The number of nitrogens with zero attached hydrogens (tertiary/aromatic N) is 5. The molecule has 3 heterocycles. The molecule has 0 aromatic carbocycles. The smallest absolute Gasteiger partial charge is 0.270 e. The molecule has 10 heteroatoms. The third kappa shape index (κ3) is 4.90. The van der Waals surface area contributed by atoms with Crippen molar-refractivity contribution in [2.75, 3.05) is 5.32 Å². The van der Waals surface area contributed by atoms with Crippen LogP contribution in [-0.2, 0) is 11.3 Å². The second kappa shape index (κ2) is 9.08. The van der Waals surface area contributed by atoms with Gasteiger partial charge in [0.05, 0.1) is 29.8 Å². The highest BCUT2D eigenvalue weighted by Crippen LogP contribution is 2.50. The number of hydrogen-bond acceptors (Lipinski definition) is 5. The van der Waals surface area contributed by atoms with Gasteiger partial charge >= 0.3 is 0 Å². The van der Waals surface area contributed by atoms with Gasteiger partial charge in [-0.2, -0.15) is 15.3 Å². The molecule has 5 rings (SSSR count). The average Bonchev–Trinajstić information content (AvgIpc) is 3.67. The molecular formula is C24H32N8O2. The number of H-pyrrole nitrogens is 1. The lowest BCUT2D eigenvalue weighted by molar-refractivity contribution is -0.119. The summed E-state index contributed by atoms with van der Waals surface area (Å²) in [5, 5.41) is 21.8. The highest BCUT2D eigenvalue weighted by Gasteiger charge is 2.48. The molecule has 1 unspecified atom stereocenters. The van der Waals surface area contributed by atoms with Crippen LogP contribution in [0.15, 0.2) is 30.7 Å². The van der Waals surface area contributed by atoms with Crippen LogP contribution in [0.25, 0.3) is 0 Å². The minimum absolute atomic E-state index is 0.0511. The molecule has 34 heavy (non-hydrogen) atoms. The van der Waals surface area contributed by atoms with Gasteiger partial charge in [-0.05, 0) is 76.3 Å². The number of anilines is 1. The third-order valence-corrected chi connectivity index (χ3v) is 6.67. The zero-order chi connectivity index (χ0) is 23.8. The van der Waals surface area contributed by atoms with Crippen molar-refractivity contribution in [3.63, 3.8) is 0 Å². The number of hydrogen-bond donors (Lipinski definition) is 3. The van der Waals surface area contributed by atoms with Crippen LogP contribution >= 0.6 is 0 Å². The minimum atomic E-state index is -0.596. The molecule has 0 spiro atoms. The van der Waals surface area contributed by atoms with Crippen LogP contribution in [0.3, 0.4) is 0 Å². The third-order valence-electron chi connectivity index (χ3n) is 6.67. The summed E-state index contributed by atoms with van der Waals surface area (Å²) in [7, 11) is 0. The van der Waals surface area contributed by atoms with Gasteiger partial charge in [-0.1, -0.05) is 0 Å². The number of aromatic nitrogens is 6. The number of amides is 2. The predicted molar refractivity (Wildman–Crippen MR) is 126 cm³/mol. The van der Waals surface area contributed by atoms with Gasteiger partial charge in [-0.15, -0.1) is 0 Å². The van der Waals surface area contributed by atoms with Gasteiger partial charge < -0.3 is 10.6 Å². The lowest BCUT2D eigenvalue weighted by atomic mass is 9.88. The molecule has 2 aliphatic rings. The normalized spacial score (nSPS) is 16.7. The summed E-state index contributed by atoms with van der Waals surface area (Å²) < 4.78 is 3.44. The molecule has 0 aliphatic heterocycles. The van der Waals surface area contributed by atoms with Gasteiger partial charge in [0.2, 0.25) is 5.91 Å². The Morgan fingerprint density at radius 1 is 1.18 bits per heavy atom. The Kier molecular flexibility index (Phi) is 5.97. The molecule has 2 saturated carbocycles. The van der Waals surface area contributed by atoms with E-state index in [1.54, 1.807) is 34.0 Å². The van der Waals surface area contributed by atoms with Crippen molar-refractivity contribution in [2.45, 2.75) is 65.1 Å². The SMILES string of the molecule is Cc1cc(Cn2cc(NC(=O)C(NC(=O)c3ccnn3C(C)C)C(C3CC3)C3CC3)cn2)[nH]n1. The van der Waals surface area contributed by atoms with E-state index in [4.69, 9.17) is 0 Å². The second-order valence-electron chi connectivity index (χ2n) is 9.91. The Balaban J connectivity index is 1.32. The van der Waals surface area contributed by atoms with Gasteiger partial charge in [0, 0.05) is 18.4 Å². The first-order valence-corrected chi connectivity index (χ1v) is 12.1. The van der Waals surface area contributed by atoms with Crippen LogP contribution in [0, 0.1) is 24.7 Å². The van der Waals surface area contributed by atoms with Crippen LogP contribution < -0.4 is 10.6 Å². The molecule has 180 valence electrons. The first-order chi connectivity index (χ1) is 16.4. The summed E-state index contributed by atoms with van der Waals surface area (Å²) in [5.41, 5.74) is 2.94. The standard InChI is InChI=1S/C24H32N8O2/c1-14(2)32-20(8-9-25-32)23(33)28-22(21(16-4-5-16)17-6-7-17)24(34)27-19-11-26-31(13-19)12-18-10-15(3)29-30-18/h8-11,13-14,16-17,21-22H,4-7,12H2,1-3H3,(H,27,34)(H,28,33)(H,29,30). The number of nitrogens with one attached hydrogen (secondary N) is 3. The van der Waals surface area contributed by atoms with Crippen molar-refractivity contribution >= 4 is 17.5 Å². The Morgan fingerprint density at radius 2 is 1.91 bits per heavy atom. The van der Waals surface area contributed by atoms with E-state index < -0.39 is 6.04 Å². The number of aryl methyl sites for hydroxylation is 1. The first kappa shape index (κ1) is 22.4. The van der Waals surface area contributed by atoms with E-state index in [-0.39, 0.29) is 23.8 Å². The predicted octanol–water partition coefficient (Wildman–Crippen LogP) is 2.91. The summed E-state index contributed by atoms with van der Waals surface area (Å²) in [6.45, 7) is 6.41. The Morgan fingerprint density at radius 3 is 2.53 bits per heavy atom. The van der Waals surface area contributed by atoms with E-state index in [1.807, 2.05) is 26.8 Å². The quantitative estimate of drug-likeness (QED) is 0.426. The molecule has 0 radical (unpaired) electrons. The maximum absolute atomic E-state index is 13.5. The lowest BCUT2D eigenvalue weighted by Crippen LogP contribution is -2.50. The fraction of sp³-hybridized carbons (Fsp3) is 0.542. The van der Waals surface area contributed by atoms with E-state index in [9.17, 15) is 9.59 Å². The molecule has 2 fully saturated rings. The number of carbonyl (C=O) groups excluding carboxylic acids is 2. The highest BCUT2D eigenvalue weighted by molar-refractivity contribution is 6.00. The molecule has 2 amide bonds. The van der Waals surface area contributed by atoms with Crippen molar-refractivity contribution < 1.29 is 9.59 Å². The molecule has 10 nitrogen and oxygen atoms in total. The highest BCUT2D eigenvalue weighted by atomic mass is 16.2. The zero-order valence-electron chi connectivity index (χ0n) is 19.9. The van der Waals surface area contributed by atoms with E-state index in [1.165, 1.54) is 0 Å². The lowest BCUT2D eigenvalue weighted by Gasteiger charge is -2.27. The number of rotatable bonds is 10. The van der Waals surface area contributed by atoms with Crippen molar-refractivity contribution in [1.29, 1.82) is 0 Å². The molecule has 0 saturated heterocycles. The molecule has 3 aromatic rings. The first-order valence-electron chi connectivity index (χ1n) is 12.1. The largest absolute Gasteiger partial charge is 0.339 e. The van der Waals surface area contributed by atoms with E-state index in [2.05, 4.69) is 31.0 Å². The maximum Gasteiger partial charge on any atom is 0.270 e. The van der Waals surface area contributed by atoms with Crippen molar-refractivity contribution in [2.24, 2.45) is 17.8 Å². The van der Waals surface area contributed by atoms with E-state index >= 15 is 0 Å². The molecule has 3 aromatic heterocycles. The summed E-state index contributed by atoms with van der Waals surface area (Å²) in [6.07, 6.45) is 9.52. The summed E-state index contributed by atoms with van der Waals surface area (Å²) in [5.74, 6) is 0.685. The summed E-state index contributed by atoms with van der Waals surface area (Å²) in [6, 6.07) is 3.12. The maximum atomic E-state index is 13.5. The van der Waals surface area contributed by atoms with Crippen LogP contribution in [0.4, 0.5) is 5.69 Å². The van der Waals surface area contributed by atoms with Crippen LogP contribution in [0.5, 0.6) is 0 Å². The van der Waals surface area contributed by atoms with Crippen LogP contribution in [-0.4, -0.2) is 47.6 Å². The van der Waals surface area contributed by atoms with Gasteiger partial charge in [0.25, 0.3) is 5.91 Å². The minimum Gasteiger partial charge on any atom is -0.339 e. The zero-order valence-corrected chi connectivity index (χ0v) is 19.9. The van der Waals surface area contributed by atoms with Crippen molar-refractivity contribution in [1.82, 2.24) is 35.1 Å². The molecule has 2 aliphatic carbocycles. The van der Waals surface area contributed by atoms with Crippen molar-refractivity contribution in [3.8, 4) is 0 Å². The molecule has 1 atom stereocenters. The molecule has 3 N–H and O–H groups in total. The van der Waals surface area contributed by atoms with Crippen LogP contribution in [0.1, 0.15) is 67.4 Å². The fourth-order valence-electron chi connectivity index (χ4n) is 4.82. The van der Waals surface area contributed by atoms with E-state index in [0.29, 0.717) is 29.8 Å². The van der Waals surface area contributed by atoms with Crippen LogP contribution in [0.2, 0.25) is 0 Å². The molecule has 0 bridgehead atoms.